The monoisotopic (exact) mass is 325 g/mol. The minimum Gasteiger partial charge on any atom is -0.370 e. The number of anilines is 2. The first-order chi connectivity index (χ1) is 11.5. The lowest BCUT2D eigenvalue weighted by molar-refractivity contribution is 0.734. The van der Waals surface area contributed by atoms with Crippen molar-refractivity contribution in [1.29, 1.82) is 0 Å². The largest absolute Gasteiger partial charge is 0.370 e. The lowest BCUT2D eigenvalue weighted by Gasteiger charge is -2.15. The third-order valence-electron chi connectivity index (χ3n) is 4.08. The van der Waals surface area contributed by atoms with Crippen LogP contribution in [0.1, 0.15) is 37.3 Å². The summed E-state index contributed by atoms with van der Waals surface area (Å²) in [5, 5.41) is 3.14. The van der Waals surface area contributed by atoms with E-state index in [2.05, 4.69) is 41.3 Å². The summed E-state index contributed by atoms with van der Waals surface area (Å²) in [5.41, 5.74) is 9.33. The van der Waals surface area contributed by atoms with E-state index in [0.717, 1.165) is 23.5 Å². The summed E-state index contributed by atoms with van der Waals surface area (Å²) >= 11 is 0. The molecule has 0 amide bonds. The summed E-state index contributed by atoms with van der Waals surface area (Å²) < 4.78 is 0. The molecule has 0 fully saturated rings. The van der Waals surface area contributed by atoms with Gasteiger partial charge in [0.2, 0.25) is 0 Å². The van der Waals surface area contributed by atoms with Gasteiger partial charge in [0.25, 0.3) is 0 Å². The molecule has 0 saturated carbocycles. The molecule has 0 aliphatic heterocycles. The Kier molecular flexibility index (Phi) is 6.18. The minimum atomic E-state index is 0.403. The molecule has 1 atom stereocenters. The predicted molar refractivity (Wildman–Crippen MR) is 103 cm³/mol. The number of benzene rings is 1. The second-order valence-electron chi connectivity index (χ2n) is 6.14. The van der Waals surface area contributed by atoms with Crippen LogP contribution in [0.3, 0.4) is 0 Å². The van der Waals surface area contributed by atoms with Crippen molar-refractivity contribution in [3.63, 3.8) is 0 Å². The number of nitrogens with one attached hydrogen (secondary N) is 1. The minimum absolute atomic E-state index is 0.403. The highest BCUT2D eigenvalue weighted by atomic mass is 15.1. The van der Waals surface area contributed by atoms with Crippen LogP contribution in [-0.4, -0.2) is 25.0 Å². The van der Waals surface area contributed by atoms with Crippen molar-refractivity contribution in [2.45, 2.75) is 32.7 Å². The molecule has 3 N–H and O–H groups in total. The molecule has 0 saturated heterocycles. The van der Waals surface area contributed by atoms with Crippen LogP contribution in [0.15, 0.2) is 47.6 Å². The van der Waals surface area contributed by atoms with Gasteiger partial charge < -0.3 is 16.0 Å². The van der Waals surface area contributed by atoms with E-state index in [4.69, 9.17) is 5.73 Å². The maximum absolute atomic E-state index is 6.01. The Balaban J connectivity index is 2.02. The maximum atomic E-state index is 6.01. The second kappa shape index (κ2) is 8.34. The van der Waals surface area contributed by atoms with E-state index in [0.29, 0.717) is 18.4 Å². The van der Waals surface area contributed by atoms with Crippen molar-refractivity contribution < 1.29 is 0 Å². The first-order valence-electron chi connectivity index (χ1n) is 8.29. The molecule has 0 bridgehead atoms. The van der Waals surface area contributed by atoms with Crippen LogP contribution in [-0.2, 0) is 6.54 Å². The van der Waals surface area contributed by atoms with Gasteiger partial charge in [0.05, 0.1) is 6.54 Å². The number of hydrogen-bond acceptors (Lipinski definition) is 3. The van der Waals surface area contributed by atoms with Gasteiger partial charge >= 0.3 is 0 Å². The van der Waals surface area contributed by atoms with E-state index >= 15 is 0 Å². The van der Waals surface area contributed by atoms with Gasteiger partial charge in [0.15, 0.2) is 5.96 Å². The van der Waals surface area contributed by atoms with Crippen LogP contribution in [0.2, 0.25) is 0 Å². The number of aromatic nitrogens is 1. The highest BCUT2D eigenvalue weighted by molar-refractivity contribution is 5.92. The predicted octanol–water partition coefficient (Wildman–Crippen LogP) is 3.59. The number of aliphatic imine (C=N–C) groups is 1. The molecule has 1 aromatic heterocycles. The zero-order chi connectivity index (χ0) is 17.5. The third kappa shape index (κ3) is 4.72. The van der Waals surface area contributed by atoms with Crippen molar-refractivity contribution >= 4 is 17.5 Å². The van der Waals surface area contributed by atoms with Gasteiger partial charge in [-0.1, -0.05) is 32.0 Å². The molecule has 24 heavy (non-hydrogen) atoms. The molecule has 0 radical (unpaired) electrons. The molecule has 1 aromatic carbocycles. The second-order valence-corrected chi connectivity index (χ2v) is 6.14. The number of hydrogen-bond donors (Lipinski definition) is 2. The molecule has 2 rings (SSSR count). The molecule has 0 spiro atoms. The average molecular weight is 325 g/mol. The van der Waals surface area contributed by atoms with E-state index < -0.39 is 0 Å². The fourth-order valence-electron chi connectivity index (χ4n) is 2.44. The zero-order valence-electron chi connectivity index (χ0n) is 15.0. The van der Waals surface area contributed by atoms with Gasteiger partial charge in [0.1, 0.15) is 5.82 Å². The summed E-state index contributed by atoms with van der Waals surface area (Å²) in [6.07, 6.45) is 2.92. The Bertz CT molecular complexity index is 676. The Hall–Kier alpha value is -2.56. The van der Waals surface area contributed by atoms with E-state index in [1.807, 2.05) is 43.3 Å². The third-order valence-corrected chi connectivity index (χ3v) is 4.08. The van der Waals surface area contributed by atoms with Crippen LogP contribution in [0.4, 0.5) is 11.5 Å². The van der Waals surface area contributed by atoms with E-state index in [1.54, 1.807) is 6.20 Å². The summed E-state index contributed by atoms with van der Waals surface area (Å²) in [6, 6.07) is 12.3. The Labute approximate surface area is 144 Å². The van der Waals surface area contributed by atoms with Crippen molar-refractivity contribution in [1.82, 2.24) is 4.98 Å². The van der Waals surface area contributed by atoms with Gasteiger partial charge in [0, 0.05) is 31.5 Å². The molecular formula is C19H27N5. The van der Waals surface area contributed by atoms with Crippen molar-refractivity contribution in [3.05, 3.63) is 53.7 Å². The Morgan fingerprint density at radius 1 is 1.25 bits per heavy atom. The molecule has 5 nitrogen and oxygen atoms in total. The summed E-state index contributed by atoms with van der Waals surface area (Å²) in [5.74, 6) is 1.88. The molecular weight excluding hydrogens is 298 g/mol. The quantitative estimate of drug-likeness (QED) is 0.629. The van der Waals surface area contributed by atoms with Gasteiger partial charge in [-0.3, -0.25) is 0 Å². The first-order valence-corrected chi connectivity index (χ1v) is 8.29. The van der Waals surface area contributed by atoms with Gasteiger partial charge in [-0.25, -0.2) is 9.98 Å². The fraction of sp³-hybridized carbons (Fsp3) is 0.368. The Morgan fingerprint density at radius 2 is 1.96 bits per heavy atom. The lowest BCUT2D eigenvalue weighted by atomic mass is 9.99. The topological polar surface area (TPSA) is 66.5 Å². The zero-order valence-corrected chi connectivity index (χ0v) is 15.0. The molecule has 5 heteroatoms. The van der Waals surface area contributed by atoms with Crippen LogP contribution in [0.5, 0.6) is 0 Å². The van der Waals surface area contributed by atoms with E-state index in [-0.39, 0.29) is 0 Å². The maximum Gasteiger partial charge on any atom is 0.193 e. The molecule has 1 unspecified atom stereocenters. The SMILES string of the molecule is CCC(C)c1ccc(NC(N)=NCc2cccnc2N(C)C)cc1. The van der Waals surface area contributed by atoms with Crippen LogP contribution in [0.25, 0.3) is 0 Å². The standard InChI is InChI=1S/C19H27N5/c1-5-14(2)15-8-10-17(11-9-15)23-19(20)22-13-16-7-6-12-21-18(16)24(3)4/h6-12,14H,5,13H2,1-4H3,(H3,20,22,23). The molecule has 128 valence electrons. The van der Waals surface area contributed by atoms with Crippen molar-refractivity contribution in [2.75, 3.05) is 24.3 Å². The summed E-state index contributed by atoms with van der Waals surface area (Å²) in [6.45, 7) is 4.92. The molecule has 0 aliphatic carbocycles. The molecule has 1 heterocycles. The van der Waals surface area contributed by atoms with E-state index in [9.17, 15) is 0 Å². The normalized spacial score (nSPS) is 12.8. The number of guanidine groups is 1. The average Bonchev–Trinajstić information content (AvgIpc) is 2.60. The molecule has 0 aliphatic rings. The van der Waals surface area contributed by atoms with Crippen LogP contribution in [0, 0.1) is 0 Å². The Morgan fingerprint density at radius 3 is 2.58 bits per heavy atom. The number of pyridine rings is 1. The number of nitrogens with two attached hydrogens (primary N) is 1. The summed E-state index contributed by atoms with van der Waals surface area (Å²) in [4.78, 5) is 10.8. The fourth-order valence-corrected chi connectivity index (χ4v) is 2.44. The van der Waals surface area contributed by atoms with Gasteiger partial charge in [-0.05, 0) is 36.1 Å². The summed E-state index contributed by atoms with van der Waals surface area (Å²) in [7, 11) is 3.94. The van der Waals surface area contributed by atoms with Crippen LogP contribution < -0.4 is 16.0 Å². The van der Waals surface area contributed by atoms with Crippen molar-refractivity contribution in [2.24, 2.45) is 10.7 Å². The lowest BCUT2D eigenvalue weighted by Crippen LogP contribution is -2.23. The van der Waals surface area contributed by atoms with Gasteiger partial charge in [-0.2, -0.15) is 0 Å². The van der Waals surface area contributed by atoms with Crippen molar-refractivity contribution in [3.8, 4) is 0 Å². The van der Waals surface area contributed by atoms with E-state index in [1.165, 1.54) is 5.56 Å². The first kappa shape index (κ1) is 17.8. The number of nitrogens with zero attached hydrogens (tertiary/aromatic N) is 3. The smallest absolute Gasteiger partial charge is 0.193 e. The highest BCUT2D eigenvalue weighted by Crippen LogP contribution is 2.20. The van der Waals surface area contributed by atoms with Crippen LogP contribution >= 0.6 is 0 Å². The molecule has 2 aromatic rings. The highest BCUT2D eigenvalue weighted by Gasteiger charge is 2.05. The number of rotatable bonds is 6. The van der Waals surface area contributed by atoms with Gasteiger partial charge in [-0.15, -0.1) is 0 Å².